The van der Waals surface area contributed by atoms with E-state index in [9.17, 15) is 14.5 Å². The largest absolute Gasteiger partial charge is 0.311 e. The van der Waals surface area contributed by atoms with Gasteiger partial charge in [0.15, 0.2) is 0 Å². The first-order chi connectivity index (χ1) is 9.97. The van der Waals surface area contributed by atoms with E-state index in [0.717, 1.165) is 24.4 Å². The third-order valence-electron chi connectivity index (χ3n) is 2.79. The Morgan fingerprint density at radius 3 is 2.86 bits per heavy atom. The number of nitro groups is 1. The van der Waals surface area contributed by atoms with Gasteiger partial charge in [-0.2, -0.15) is 4.39 Å². The molecule has 0 aliphatic carbocycles. The lowest BCUT2D eigenvalue weighted by Gasteiger charge is -2.04. The van der Waals surface area contributed by atoms with Crippen LogP contribution in [0.2, 0.25) is 0 Å². The van der Waals surface area contributed by atoms with E-state index in [4.69, 9.17) is 0 Å². The van der Waals surface area contributed by atoms with Crippen molar-refractivity contribution in [3.05, 3.63) is 46.0 Å². The monoisotopic (exact) mass is 293 g/mol. The summed E-state index contributed by atoms with van der Waals surface area (Å²) < 4.78 is 15.0. The van der Waals surface area contributed by atoms with Gasteiger partial charge < -0.3 is 5.32 Å². The number of benzene rings is 1. The molecule has 1 N–H and O–H groups in total. The number of aromatic nitrogens is 3. The van der Waals surface area contributed by atoms with Crippen molar-refractivity contribution in [3.8, 4) is 5.69 Å². The molecule has 0 fully saturated rings. The number of halogens is 1. The minimum Gasteiger partial charge on any atom is -0.311 e. The van der Waals surface area contributed by atoms with Crippen LogP contribution >= 0.6 is 0 Å². The van der Waals surface area contributed by atoms with Crippen molar-refractivity contribution in [3.63, 3.8) is 0 Å². The zero-order valence-corrected chi connectivity index (χ0v) is 11.8. The minimum atomic E-state index is -0.896. The summed E-state index contributed by atoms with van der Waals surface area (Å²) >= 11 is 0. The van der Waals surface area contributed by atoms with E-state index < -0.39 is 16.4 Å². The lowest BCUT2D eigenvalue weighted by Crippen LogP contribution is -2.19. The van der Waals surface area contributed by atoms with Gasteiger partial charge in [0.25, 0.3) is 0 Å². The van der Waals surface area contributed by atoms with Gasteiger partial charge in [0.1, 0.15) is 0 Å². The third-order valence-corrected chi connectivity index (χ3v) is 2.79. The number of nitrogens with one attached hydrogen (secondary N) is 1. The van der Waals surface area contributed by atoms with Crippen molar-refractivity contribution in [1.29, 1.82) is 0 Å². The first kappa shape index (κ1) is 15.0. The maximum absolute atomic E-state index is 13.6. The first-order valence-electron chi connectivity index (χ1n) is 6.53. The third kappa shape index (κ3) is 3.82. The number of hydrogen-bond donors (Lipinski definition) is 1. The van der Waals surface area contributed by atoms with Crippen LogP contribution in [0.3, 0.4) is 0 Å². The van der Waals surface area contributed by atoms with Crippen LogP contribution in [0.4, 0.5) is 10.1 Å². The van der Waals surface area contributed by atoms with Gasteiger partial charge in [0, 0.05) is 18.7 Å². The van der Waals surface area contributed by atoms with Crippen LogP contribution in [-0.4, -0.2) is 26.5 Å². The topological polar surface area (TPSA) is 85.9 Å². The van der Waals surface area contributed by atoms with Gasteiger partial charge in [0.05, 0.1) is 22.5 Å². The van der Waals surface area contributed by atoms with E-state index in [1.807, 2.05) is 0 Å². The molecule has 0 atom stereocenters. The Balaban J connectivity index is 2.10. The van der Waals surface area contributed by atoms with Crippen LogP contribution in [0.5, 0.6) is 0 Å². The maximum atomic E-state index is 13.6. The second kappa shape index (κ2) is 6.40. The molecule has 2 aromatic rings. The second-order valence-corrected chi connectivity index (χ2v) is 5.07. The molecule has 0 bridgehead atoms. The van der Waals surface area contributed by atoms with E-state index in [-0.39, 0.29) is 0 Å². The Labute approximate surface area is 120 Å². The molecule has 7 nitrogen and oxygen atoms in total. The average Bonchev–Trinajstić information content (AvgIpc) is 2.86. The van der Waals surface area contributed by atoms with Crippen LogP contribution < -0.4 is 5.32 Å². The quantitative estimate of drug-likeness (QED) is 0.651. The fourth-order valence-corrected chi connectivity index (χ4v) is 1.78. The second-order valence-electron chi connectivity index (χ2n) is 5.07. The lowest BCUT2D eigenvalue weighted by molar-refractivity contribution is -0.387. The number of hydrogen-bond acceptors (Lipinski definition) is 5. The molecule has 1 aromatic heterocycles. The minimum absolute atomic E-state index is 0.390. The summed E-state index contributed by atoms with van der Waals surface area (Å²) in [6.07, 6.45) is 1.66. The highest BCUT2D eigenvalue weighted by atomic mass is 19.1. The summed E-state index contributed by atoms with van der Waals surface area (Å²) in [5, 5.41) is 21.7. The fourth-order valence-electron chi connectivity index (χ4n) is 1.78. The lowest BCUT2D eigenvalue weighted by atomic mass is 10.2. The predicted molar refractivity (Wildman–Crippen MR) is 74.5 cm³/mol. The Bertz CT molecular complexity index is 641. The predicted octanol–water partition coefficient (Wildman–Crippen LogP) is 2.06. The molecule has 8 heteroatoms. The van der Waals surface area contributed by atoms with Crippen molar-refractivity contribution in [2.45, 2.75) is 20.4 Å². The summed E-state index contributed by atoms with van der Waals surface area (Å²) in [6.45, 7) is 5.62. The van der Waals surface area contributed by atoms with Crippen LogP contribution in [0.15, 0.2) is 24.4 Å². The van der Waals surface area contributed by atoms with Gasteiger partial charge in [-0.15, -0.1) is 5.10 Å². The van der Waals surface area contributed by atoms with E-state index in [1.165, 1.54) is 10.7 Å². The molecule has 0 radical (unpaired) electrons. The number of nitro benzene ring substituents is 1. The molecule has 1 aromatic carbocycles. The van der Waals surface area contributed by atoms with Gasteiger partial charge >= 0.3 is 5.69 Å². The molecular weight excluding hydrogens is 277 g/mol. The van der Waals surface area contributed by atoms with E-state index in [1.54, 1.807) is 6.20 Å². The zero-order chi connectivity index (χ0) is 15.4. The molecule has 1 heterocycles. The number of nitrogens with zero attached hydrogens (tertiary/aromatic N) is 4. The van der Waals surface area contributed by atoms with Crippen LogP contribution in [0, 0.1) is 21.8 Å². The van der Waals surface area contributed by atoms with Crippen molar-refractivity contribution < 1.29 is 9.31 Å². The molecule has 0 spiro atoms. The summed E-state index contributed by atoms with van der Waals surface area (Å²) in [5.41, 5.74) is 0.549. The molecule has 0 aliphatic rings. The number of rotatable bonds is 6. The van der Waals surface area contributed by atoms with E-state index >= 15 is 0 Å². The van der Waals surface area contributed by atoms with Crippen LogP contribution in [0.25, 0.3) is 5.69 Å². The Morgan fingerprint density at radius 1 is 1.48 bits per heavy atom. The fraction of sp³-hybridized carbons (Fsp3) is 0.385. The van der Waals surface area contributed by atoms with Gasteiger partial charge in [0.2, 0.25) is 5.82 Å². The van der Waals surface area contributed by atoms with Gasteiger partial charge in [-0.25, -0.2) is 4.68 Å². The molecule has 2 rings (SSSR count). The SMILES string of the molecule is CC(C)CNCc1cn(-c2ccc([N+](=O)[O-])c(F)c2)nn1. The molecule has 21 heavy (non-hydrogen) atoms. The maximum Gasteiger partial charge on any atom is 0.304 e. The Kier molecular flexibility index (Phi) is 4.59. The smallest absolute Gasteiger partial charge is 0.304 e. The molecule has 0 saturated heterocycles. The van der Waals surface area contributed by atoms with E-state index in [2.05, 4.69) is 29.5 Å². The van der Waals surface area contributed by atoms with E-state index in [0.29, 0.717) is 18.2 Å². The zero-order valence-electron chi connectivity index (χ0n) is 11.8. The summed E-state index contributed by atoms with van der Waals surface area (Å²) in [4.78, 5) is 9.81. The standard InChI is InChI=1S/C13H16FN5O2/c1-9(2)6-15-7-10-8-18(17-16-10)11-3-4-13(19(20)21)12(14)5-11/h3-5,8-9,15H,6-7H2,1-2H3. The Hall–Kier alpha value is -2.35. The molecule has 0 saturated carbocycles. The van der Waals surface area contributed by atoms with Crippen LogP contribution in [0.1, 0.15) is 19.5 Å². The molecule has 0 aliphatic heterocycles. The molecule has 0 unspecified atom stereocenters. The highest BCUT2D eigenvalue weighted by Crippen LogP contribution is 2.19. The van der Waals surface area contributed by atoms with Crippen molar-refractivity contribution in [1.82, 2.24) is 20.3 Å². The van der Waals surface area contributed by atoms with Crippen molar-refractivity contribution >= 4 is 5.69 Å². The van der Waals surface area contributed by atoms with Crippen LogP contribution in [-0.2, 0) is 6.54 Å². The highest BCUT2D eigenvalue weighted by molar-refractivity contribution is 5.41. The van der Waals surface area contributed by atoms with Gasteiger partial charge in [-0.1, -0.05) is 19.1 Å². The van der Waals surface area contributed by atoms with Gasteiger partial charge in [-0.3, -0.25) is 10.1 Å². The molecule has 112 valence electrons. The summed E-state index contributed by atoms with van der Waals surface area (Å²) in [6, 6.07) is 3.61. The highest BCUT2D eigenvalue weighted by Gasteiger charge is 2.15. The van der Waals surface area contributed by atoms with Crippen molar-refractivity contribution in [2.75, 3.05) is 6.54 Å². The summed E-state index contributed by atoms with van der Waals surface area (Å²) in [7, 11) is 0. The Morgan fingerprint density at radius 2 is 2.24 bits per heavy atom. The molecular formula is C13H16FN5O2. The average molecular weight is 293 g/mol. The van der Waals surface area contributed by atoms with Crippen molar-refractivity contribution in [2.24, 2.45) is 5.92 Å². The molecule has 0 amide bonds. The first-order valence-corrected chi connectivity index (χ1v) is 6.53. The normalized spacial score (nSPS) is 11.0. The van der Waals surface area contributed by atoms with Gasteiger partial charge in [-0.05, 0) is 18.5 Å². The summed E-state index contributed by atoms with van der Waals surface area (Å²) in [5.74, 6) is -0.365.